The van der Waals surface area contributed by atoms with Crippen LogP contribution in [0.25, 0.3) is 0 Å². The molecule has 7 nitrogen and oxygen atoms in total. The molecule has 1 fully saturated rings. The lowest BCUT2D eigenvalue weighted by molar-refractivity contribution is -0.387. The molecule has 0 saturated heterocycles. The van der Waals surface area contributed by atoms with Crippen LogP contribution >= 0.6 is 0 Å². The monoisotopic (exact) mass is 418 g/mol. The molecule has 1 N–H and O–H groups in total. The number of nitro groups is 1. The highest BCUT2D eigenvalue weighted by molar-refractivity contribution is 5.96. The first-order valence-corrected chi connectivity index (χ1v) is 9.45. The molecule has 9 heteroatoms. The van der Waals surface area contributed by atoms with Gasteiger partial charge in [-0.3, -0.25) is 19.7 Å². The maximum absolute atomic E-state index is 13.4. The van der Waals surface area contributed by atoms with E-state index in [9.17, 15) is 28.5 Å². The van der Waals surface area contributed by atoms with Crippen molar-refractivity contribution in [1.82, 2.24) is 0 Å². The molecule has 0 aromatic heterocycles. The van der Waals surface area contributed by atoms with Gasteiger partial charge >= 0.3 is 11.7 Å². The number of nitrogens with one attached hydrogen (secondary N) is 1. The number of amides is 1. The molecule has 2 aromatic rings. The molecule has 2 aromatic carbocycles. The molecule has 0 aliphatic heterocycles. The fourth-order valence-corrected chi connectivity index (χ4v) is 3.66. The van der Waals surface area contributed by atoms with Crippen LogP contribution in [0.1, 0.15) is 38.2 Å². The minimum absolute atomic E-state index is 0.00473. The second-order valence-corrected chi connectivity index (χ2v) is 7.26. The summed E-state index contributed by atoms with van der Waals surface area (Å²) in [7, 11) is 0. The molecule has 158 valence electrons. The summed E-state index contributed by atoms with van der Waals surface area (Å²) < 4.78 is 32.1. The minimum Gasteiger partial charge on any atom is -0.452 e. The number of rotatable bonds is 6. The van der Waals surface area contributed by atoms with Gasteiger partial charge in [-0.1, -0.05) is 25.0 Å². The zero-order chi connectivity index (χ0) is 21.9. The smallest absolute Gasteiger partial charge is 0.317 e. The van der Waals surface area contributed by atoms with Crippen molar-refractivity contribution in [2.24, 2.45) is 0 Å². The fraction of sp³-hybridized carbons (Fsp3) is 0.333. The Hall–Kier alpha value is -3.36. The van der Waals surface area contributed by atoms with Crippen LogP contribution in [0.2, 0.25) is 0 Å². The first kappa shape index (κ1) is 21.4. The Morgan fingerprint density at radius 2 is 1.77 bits per heavy atom. The van der Waals surface area contributed by atoms with E-state index < -0.39 is 45.6 Å². The number of nitrogens with zero attached hydrogens (tertiary/aromatic N) is 1. The van der Waals surface area contributed by atoms with Gasteiger partial charge < -0.3 is 10.1 Å². The Morgan fingerprint density at radius 1 is 1.13 bits per heavy atom. The summed E-state index contributed by atoms with van der Waals surface area (Å²) >= 11 is 0. The predicted octanol–water partition coefficient (Wildman–Crippen LogP) is 4.26. The molecule has 0 unspecified atom stereocenters. The lowest BCUT2D eigenvalue weighted by atomic mass is 9.79. The highest BCUT2D eigenvalue weighted by Gasteiger charge is 2.45. The van der Waals surface area contributed by atoms with Gasteiger partial charge in [0.1, 0.15) is 5.82 Å². The minimum atomic E-state index is -1.19. The van der Waals surface area contributed by atoms with Gasteiger partial charge in [-0.15, -0.1) is 0 Å². The van der Waals surface area contributed by atoms with Gasteiger partial charge in [-0.05, 0) is 49.6 Å². The van der Waals surface area contributed by atoms with E-state index in [2.05, 4.69) is 5.32 Å². The Kier molecular flexibility index (Phi) is 6.09. The van der Waals surface area contributed by atoms with Gasteiger partial charge in [-0.25, -0.2) is 4.39 Å². The van der Waals surface area contributed by atoms with E-state index >= 15 is 0 Å². The van der Waals surface area contributed by atoms with E-state index in [0.29, 0.717) is 18.4 Å². The quantitative estimate of drug-likeness (QED) is 0.429. The number of halogens is 2. The third kappa shape index (κ3) is 4.29. The maximum atomic E-state index is 13.4. The largest absolute Gasteiger partial charge is 0.452 e. The number of hydrogen-bond acceptors (Lipinski definition) is 5. The standard InChI is InChI=1S/C21H20F2N2O5/c1-13(19(26)24-16-8-9-17(23)18(12-16)25(28)29)30-20(27)21(10-2-3-11-21)14-4-6-15(22)7-5-14/h4-9,12-13H,2-3,10-11H2,1H3,(H,24,26)/t13-/m1/s1. The first-order chi connectivity index (χ1) is 14.2. The van der Waals surface area contributed by atoms with Gasteiger partial charge in [0, 0.05) is 11.8 Å². The maximum Gasteiger partial charge on any atom is 0.317 e. The van der Waals surface area contributed by atoms with Crippen LogP contribution in [0, 0.1) is 21.7 Å². The lowest BCUT2D eigenvalue weighted by Crippen LogP contribution is -2.39. The molecule has 1 amide bonds. The van der Waals surface area contributed by atoms with Crippen molar-refractivity contribution >= 4 is 23.3 Å². The van der Waals surface area contributed by atoms with Crippen molar-refractivity contribution in [3.05, 3.63) is 69.8 Å². The lowest BCUT2D eigenvalue weighted by Gasteiger charge is -2.28. The first-order valence-electron chi connectivity index (χ1n) is 9.45. The fourth-order valence-electron chi connectivity index (χ4n) is 3.66. The number of anilines is 1. The van der Waals surface area contributed by atoms with Crippen LogP contribution in [0.5, 0.6) is 0 Å². The van der Waals surface area contributed by atoms with E-state index in [0.717, 1.165) is 25.0 Å². The topological polar surface area (TPSA) is 98.5 Å². The van der Waals surface area contributed by atoms with Crippen molar-refractivity contribution < 1.29 is 28.0 Å². The Bertz CT molecular complexity index is 972. The predicted molar refractivity (Wildman–Crippen MR) is 104 cm³/mol. The van der Waals surface area contributed by atoms with Crippen LogP contribution in [0.4, 0.5) is 20.2 Å². The molecular formula is C21H20F2N2O5. The molecule has 30 heavy (non-hydrogen) atoms. The summed E-state index contributed by atoms with van der Waals surface area (Å²) in [4.78, 5) is 35.3. The van der Waals surface area contributed by atoms with Gasteiger partial charge in [0.25, 0.3) is 5.91 Å². The van der Waals surface area contributed by atoms with E-state index in [-0.39, 0.29) is 5.69 Å². The second kappa shape index (κ2) is 8.56. The van der Waals surface area contributed by atoms with Gasteiger partial charge in [0.05, 0.1) is 10.3 Å². The number of hydrogen-bond donors (Lipinski definition) is 1. The number of nitro benzene ring substituents is 1. The summed E-state index contributed by atoms with van der Waals surface area (Å²) in [5.74, 6) is -2.74. The zero-order valence-corrected chi connectivity index (χ0v) is 16.2. The van der Waals surface area contributed by atoms with Crippen molar-refractivity contribution in [2.45, 2.75) is 44.1 Å². The average Bonchev–Trinajstić information content (AvgIpc) is 3.21. The molecule has 1 aliphatic rings. The molecule has 0 spiro atoms. The highest BCUT2D eigenvalue weighted by Crippen LogP contribution is 2.42. The second-order valence-electron chi connectivity index (χ2n) is 7.26. The van der Waals surface area contributed by atoms with Gasteiger partial charge in [0.15, 0.2) is 6.10 Å². The van der Waals surface area contributed by atoms with Gasteiger partial charge in [-0.2, -0.15) is 4.39 Å². The van der Waals surface area contributed by atoms with Crippen molar-refractivity contribution in [2.75, 3.05) is 5.32 Å². The SMILES string of the molecule is C[C@@H](OC(=O)C1(c2ccc(F)cc2)CCCC1)C(=O)Nc1ccc(F)c([N+](=O)[O-])c1. The Balaban J connectivity index is 1.72. The van der Waals surface area contributed by atoms with Crippen LogP contribution in [-0.2, 0) is 19.7 Å². The van der Waals surface area contributed by atoms with Crippen molar-refractivity contribution in [3.8, 4) is 0 Å². The molecule has 0 radical (unpaired) electrons. The highest BCUT2D eigenvalue weighted by atomic mass is 19.1. The van der Waals surface area contributed by atoms with Crippen LogP contribution in [0.15, 0.2) is 42.5 Å². The average molecular weight is 418 g/mol. The summed E-state index contributed by atoms with van der Waals surface area (Å²) in [5.41, 5.74) is -1.09. The number of carbonyl (C=O) groups is 2. The summed E-state index contributed by atoms with van der Waals surface area (Å²) in [6.07, 6.45) is 1.45. The molecule has 3 rings (SSSR count). The molecule has 0 bridgehead atoms. The summed E-state index contributed by atoms with van der Waals surface area (Å²) in [6, 6.07) is 8.58. The zero-order valence-electron chi connectivity index (χ0n) is 16.2. The van der Waals surface area contributed by atoms with E-state index in [1.807, 2.05) is 0 Å². The normalized spacial score (nSPS) is 16.0. The number of carbonyl (C=O) groups excluding carboxylic acids is 2. The van der Waals surface area contributed by atoms with Gasteiger partial charge in [0.2, 0.25) is 5.82 Å². The van der Waals surface area contributed by atoms with E-state index in [4.69, 9.17) is 4.74 Å². The van der Waals surface area contributed by atoms with E-state index in [1.165, 1.54) is 25.1 Å². The molecule has 1 aliphatic carbocycles. The third-order valence-corrected chi connectivity index (χ3v) is 5.31. The third-order valence-electron chi connectivity index (χ3n) is 5.31. The number of ether oxygens (including phenoxy) is 1. The Labute approximate surface area is 171 Å². The summed E-state index contributed by atoms with van der Waals surface area (Å²) in [5, 5.41) is 13.2. The van der Waals surface area contributed by atoms with Crippen LogP contribution in [0.3, 0.4) is 0 Å². The number of esters is 1. The van der Waals surface area contributed by atoms with E-state index in [1.54, 1.807) is 12.1 Å². The molecule has 1 saturated carbocycles. The molecular weight excluding hydrogens is 398 g/mol. The number of benzene rings is 2. The van der Waals surface area contributed by atoms with Crippen molar-refractivity contribution in [3.63, 3.8) is 0 Å². The molecule has 1 atom stereocenters. The van der Waals surface area contributed by atoms with Crippen LogP contribution in [-0.4, -0.2) is 22.9 Å². The molecule has 0 heterocycles. The van der Waals surface area contributed by atoms with Crippen LogP contribution < -0.4 is 5.32 Å². The van der Waals surface area contributed by atoms with Crippen molar-refractivity contribution in [1.29, 1.82) is 0 Å². The Morgan fingerprint density at radius 3 is 2.37 bits per heavy atom. The summed E-state index contributed by atoms with van der Waals surface area (Å²) in [6.45, 7) is 1.37.